The third-order valence-corrected chi connectivity index (χ3v) is 3.34. The molecule has 0 aliphatic carbocycles. The topological polar surface area (TPSA) is 27.1 Å². The van der Waals surface area contributed by atoms with E-state index in [1.54, 1.807) is 7.11 Å². The van der Waals surface area contributed by atoms with Gasteiger partial charge in [-0.1, -0.05) is 6.07 Å². The first-order valence-electron chi connectivity index (χ1n) is 4.69. The number of methoxy groups -OCH3 is 1. The summed E-state index contributed by atoms with van der Waals surface area (Å²) in [7, 11) is 1.66. The number of rotatable bonds is 3. The minimum absolute atomic E-state index is 0.769. The molecule has 0 spiro atoms. The van der Waals surface area contributed by atoms with Crippen molar-refractivity contribution in [2.45, 2.75) is 6.54 Å². The average molecular weight is 393 g/mol. The van der Waals surface area contributed by atoms with Gasteiger partial charge in [0.25, 0.3) is 0 Å². The second-order valence-electron chi connectivity index (χ2n) is 3.33. The van der Waals surface area contributed by atoms with Crippen LogP contribution in [0.25, 0.3) is 0 Å². The number of aromatic nitrogens is 2. The molecule has 0 fully saturated rings. The highest BCUT2D eigenvalue weighted by Gasteiger charge is 2.02. The molecule has 16 heavy (non-hydrogen) atoms. The van der Waals surface area contributed by atoms with Crippen LogP contribution in [0.3, 0.4) is 0 Å². The summed E-state index contributed by atoms with van der Waals surface area (Å²) >= 11 is 5.72. The zero-order valence-electron chi connectivity index (χ0n) is 8.65. The summed E-state index contributed by atoms with van der Waals surface area (Å²) in [5.41, 5.74) is 1.19. The molecular weight excluding hydrogens is 383 g/mol. The SMILES string of the molecule is COc1ccc(Cn2cc(I)cn2)cc1Br. The van der Waals surface area contributed by atoms with Crippen LogP contribution in [0.4, 0.5) is 0 Å². The maximum atomic E-state index is 5.18. The number of ether oxygens (including phenoxy) is 1. The molecule has 0 radical (unpaired) electrons. The third-order valence-electron chi connectivity index (χ3n) is 2.16. The van der Waals surface area contributed by atoms with E-state index in [2.05, 4.69) is 43.6 Å². The standard InChI is InChI=1S/C11H10BrIN2O/c1-16-11-3-2-8(4-10(11)12)6-15-7-9(13)5-14-15/h2-5,7H,6H2,1H3. The molecule has 0 atom stereocenters. The Bertz CT molecular complexity index is 498. The van der Waals surface area contributed by atoms with Crippen LogP contribution in [0.15, 0.2) is 35.1 Å². The van der Waals surface area contributed by atoms with Gasteiger partial charge in [-0.05, 0) is 56.2 Å². The largest absolute Gasteiger partial charge is 0.496 e. The van der Waals surface area contributed by atoms with Crippen molar-refractivity contribution in [3.8, 4) is 5.75 Å². The van der Waals surface area contributed by atoms with Crippen molar-refractivity contribution in [3.63, 3.8) is 0 Å². The summed E-state index contributed by atoms with van der Waals surface area (Å²) in [6.45, 7) is 0.769. The van der Waals surface area contributed by atoms with Crippen molar-refractivity contribution in [3.05, 3.63) is 44.2 Å². The van der Waals surface area contributed by atoms with Crippen LogP contribution >= 0.6 is 38.5 Å². The van der Waals surface area contributed by atoms with E-state index in [-0.39, 0.29) is 0 Å². The van der Waals surface area contributed by atoms with Crippen molar-refractivity contribution < 1.29 is 4.74 Å². The number of hydrogen-bond donors (Lipinski definition) is 0. The first-order chi connectivity index (χ1) is 7.69. The van der Waals surface area contributed by atoms with E-state index in [4.69, 9.17) is 4.74 Å². The molecule has 0 aliphatic heterocycles. The van der Waals surface area contributed by atoms with Crippen LogP contribution in [-0.4, -0.2) is 16.9 Å². The molecule has 2 rings (SSSR count). The van der Waals surface area contributed by atoms with Crippen molar-refractivity contribution in [1.29, 1.82) is 0 Å². The minimum Gasteiger partial charge on any atom is -0.496 e. The van der Waals surface area contributed by atoms with Gasteiger partial charge in [0.2, 0.25) is 0 Å². The van der Waals surface area contributed by atoms with Gasteiger partial charge in [0.1, 0.15) is 5.75 Å². The van der Waals surface area contributed by atoms with Gasteiger partial charge in [0, 0.05) is 6.20 Å². The van der Waals surface area contributed by atoms with Gasteiger partial charge in [-0.3, -0.25) is 4.68 Å². The van der Waals surface area contributed by atoms with E-state index in [1.807, 2.05) is 35.3 Å². The molecule has 0 unspecified atom stereocenters. The van der Waals surface area contributed by atoms with Crippen molar-refractivity contribution >= 4 is 38.5 Å². The van der Waals surface area contributed by atoms with Gasteiger partial charge in [-0.15, -0.1) is 0 Å². The van der Waals surface area contributed by atoms with E-state index < -0.39 is 0 Å². The monoisotopic (exact) mass is 392 g/mol. The van der Waals surface area contributed by atoms with Gasteiger partial charge < -0.3 is 4.74 Å². The lowest BCUT2D eigenvalue weighted by molar-refractivity contribution is 0.412. The van der Waals surface area contributed by atoms with Crippen LogP contribution in [-0.2, 0) is 6.54 Å². The second kappa shape index (κ2) is 5.18. The minimum atomic E-state index is 0.769. The number of halogens is 2. The predicted octanol–water partition coefficient (Wildman–Crippen LogP) is 3.31. The molecule has 0 saturated heterocycles. The Balaban J connectivity index is 2.19. The Morgan fingerprint density at radius 3 is 2.88 bits per heavy atom. The molecule has 1 aromatic heterocycles. The van der Waals surface area contributed by atoms with E-state index in [0.717, 1.165) is 20.3 Å². The van der Waals surface area contributed by atoms with E-state index in [9.17, 15) is 0 Å². The summed E-state index contributed by atoms with van der Waals surface area (Å²) in [6, 6.07) is 6.04. The normalized spacial score (nSPS) is 10.4. The highest BCUT2D eigenvalue weighted by atomic mass is 127. The second-order valence-corrected chi connectivity index (χ2v) is 5.43. The highest BCUT2D eigenvalue weighted by Crippen LogP contribution is 2.25. The Morgan fingerprint density at radius 1 is 1.50 bits per heavy atom. The fourth-order valence-electron chi connectivity index (χ4n) is 1.42. The molecule has 3 nitrogen and oxygen atoms in total. The fraction of sp³-hybridized carbons (Fsp3) is 0.182. The molecule has 0 bridgehead atoms. The number of hydrogen-bond acceptors (Lipinski definition) is 2. The van der Waals surface area contributed by atoms with Crippen molar-refractivity contribution in [1.82, 2.24) is 9.78 Å². The third kappa shape index (κ3) is 2.76. The first kappa shape index (κ1) is 11.9. The lowest BCUT2D eigenvalue weighted by Gasteiger charge is -2.06. The average Bonchev–Trinajstić information content (AvgIpc) is 2.64. The van der Waals surface area contributed by atoms with Crippen molar-refractivity contribution in [2.75, 3.05) is 7.11 Å². The summed E-state index contributed by atoms with van der Waals surface area (Å²) in [6.07, 6.45) is 3.86. The zero-order valence-corrected chi connectivity index (χ0v) is 12.4. The summed E-state index contributed by atoms with van der Waals surface area (Å²) in [4.78, 5) is 0. The molecule has 0 N–H and O–H groups in total. The van der Waals surface area contributed by atoms with Gasteiger partial charge in [0.05, 0.1) is 27.9 Å². The Labute approximate surface area is 116 Å². The Morgan fingerprint density at radius 2 is 2.31 bits per heavy atom. The molecule has 1 heterocycles. The van der Waals surface area contributed by atoms with Gasteiger partial charge in [0.15, 0.2) is 0 Å². The number of benzene rings is 1. The molecule has 0 aliphatic rings. The van der Waals surface area contributed by atoms with Crippen LogP contribution in [0, 0.1) is 3.57 Å². The van der Waals surface area contributed by atoms with Crippen molar-refractivity contribution in [2.24, 2.45) is 0 Å². The maximum Gasteiger partial charge on any atom is 0.133 e. The maximum absolute atomic E-state index is 5.18. The van der Waals surface area contributed by atoms with E-state index in [1.165, 1.54) is 5.56 Å². The van der Waals surface area contributed by atoms with Gasteiger partial charge in [-0.2, -0.15) is 5.10 Å². The van der Waals surface area contributed by atoms with Gasteiger partial charge >= 0.3 is 0 Å². The summed E-state index contributed by atoms with van der Waals surface area (Å²) in [5.74, 6) is 0.846. The van der Waals surface area contributed by atoms with E-state index >= 15 is 0 Å². The lowest BCUT2D eigenvalue weighted by Crippen LogP contribution is -2.00. The van der Waals surface area contributed by atoms with Gasteiger partial charge in [-0.25, -0.2) is 0 Å². The molecule has 0 amide bonds. The Hall–Kier alpha value is -0.560. The Kier molecular flexibility index (Phi) is 3.86. The van der Waals surface area contributed by atoms with E-state index in [0.29, 0.717) is 0 Å². The molecule has 0 saturated carbocycles. The molecule has 2 aromatic rings. The van der Waals surface area contributed by atoms with Crippen LogP contribution in [0.1, 0.15) is 5.56 Å². The highest BCUT2D eigenvalue weighted by molar-refractivity contribution is 14.1. The molecular formula is C11H10BrIN2O. The fourth-order valence-corrected chi connectivity index (χ4v) is 2.45. The van der Waals surface area contributed by atoms with Crippen LogP contribution < -0.4 is 4.74 Å². The first-order valence-corrected chi connectivity index (χ1v) is 6.56. The quantitative estimate of drug-likeness (QED) is 0.749. The predicted molar refractivity (Wildman–Crippen MR) is 74.7 cm³/mol. The number of nitrogens with zero attached hydrogens (tertiary/aromatic N) is 2. The molecule has 1 aromatic carbocycles. The summed E-state index contributed by atoms with van der Waals surface area (Å²) in [5, 5.41) is 4.25. The molecule has 5 heteroatoms. The smallest absolute Gasteiger partial charge is 0.133 e. The lowest BCUT2D eigenvalue weighted by atomic mass is 10.2. The zero-order chi connectivity index (χ0) is 11.5. The van der Waals surface area contributed by atoms with Crippen LogP contribution in [0.2, 0.25) is 0 Å². The van der Waals surface area contributed by atoms with Crippen LogP contribution in [0.5, 0.6) is 5.75 Å². The molecule has 84 valence electrons. The summed E-state index contributed by atoms with van der Waals surface area (Å²) < 4.78 is 9.21.